The number of unbranched alkanes of at least 4 members (excludes halogenated alkanes) is 2. The summed E-state index contributed by atoms with van der Waals surface area (Å²) in [5.74, 6) is 1.26. The molecular formula is C15H27NO2. The van der Waals surface area contributed by atoms with Gasteiger partial charge in [0.2, 0.25) is 5.91 Å². The first-order chi connectivity index (χ1) is 8.68. The zero-order chi connectivity index (χ0) is 13.2. The highest BCUT2D eigenvalue weighted by Gasteiger charge is 2.15. The number of rotatable bonds is 9. The number of Topliss-reactive ketones (excluding diaryl/α,β-unsaturated/α-hetero) is 1. The Kier molecular flexibility index (Phi) is 7.70. The first-order valence-corrected chi connectivity index (χ1v) is 7.44. The lowest BCUT2D eigenvalue weighted by Crippen LogP contribution is -2.24. The molecule has 1 aliphatic rings. The van der Waals surface area contributed by atoms with Gasteiger partial charge in [-0.1, -0.05) is 32.1 Å². The van der Waals surface area contributed by atoms with Crippen molar-refractivity contribution in [3.8, 4) is 0 Å². The molecular weight excluding hydrogens is 226 g/mol. The Morgan fingerprint density at radius 3 is 2.44 bits per heavy atom. The normalized spacial score (nSPS) is 15.8. The van der Waals surface area contributed by atoms with Crippen LogP contribution in [0.3, 0.4) is 0 Å². The fourth-order valence-corrected chi connectivity index (χ4v) is 2.63. The van der Waals surface area contributed by atoms with Crippen molar-refractivity contribution < 1.29 is 9.59 Å². The highest BCUT2D eigenvalue weighted by molar-refractivity contribution is 5.76. The lowest BCUT2D eigenvalue weighted by atomic mass is 10.0. The van der Waals surface area contributed by atoms with Crippen molar-refractivity contribution in [3.05, 3.63) is 0 Å². The van der Waals surface area contributed by atoms with Crippen LogP contribution in [-0.2, 0) is 9.59 Å². The van der Waals surface area contributed by atoms with Crippen LogP contribution >= 0.6 is 0 Å². The Hall–Kier alpha value is -0.860. The Balaban J connectivity index is 1.88. The summed E-state index contributed by atoms with van der Waals surface area (Å²) < 4.78 is 0. The van der Waals surface area contributed by atoms with Crippen molar-refractivity contribution in [1.29, 1.82) is 0 Å². The maximum atomic E-state index is 11.6. The predicted octanol–water partition coefficient (Wildman–Crippen LogP) is 3.22. The summed E-state index contributed by atoms with van der Waals surface area (Å²) in [5.41, 5.74) is 0. The molecule has 3 nitrogen and oxygen atoms in total. The molecule has 0 atom stereocenters. The number of amides is 1. The number of hydrogen-bond donors (Lipinski definition) is 1. The number of nitrogens with one attached hydrogen (secondary N) is 1. The van der Waals surface area contributed by atoms with Crippen LogP contribution in [0.2, 0.25) is 0 Å². The van der Waals surface area contributed by atoms with Crippen LogP contribution in [-0.4, -0.2) is 18.2 Å². The fraction of sp³-hybridized carbons (Fsp3) is 0.867. The Bertz CT molecular complexity index is 257. The van der Waals surface area contributed by atoms with Crippen LogP contribution < -0.4 is 5.32 Å². The quantitative estimate of drug-likeness (QED) is 0.641. The molecule has 0 aromatic carbocycles. The predicted molar refractivity (Wildman–Crippen MR) is 73.4 cm³/mol. The summed E-state index contributed by atoms with van der Waals surface area (Å²) in [6, 6.07) is 0. The van der Waals surface area contributed by atoms with Gasteiger partial charge >= 0.3 is 0 Å². The lowest BCUT2D eigenvalue weighted by Gasteiger charge is -2.09. The smallest absolute Gasteiger partial charge is 0.220 e. The van der Waals surface area contributed by atoms with E-state index in [2.05, 4.69) is 5.32 Å². The van der Waals surface area contributed by atoms with Crippen molar-refractivity contribution in [2.45, 2.75) is 71.1 Å². The minimum atomic E-state index is 0.202. The van der Waals surface area contributed by atoms with Crippen molar-refractivity contribution in [3.63, 3.8) is 0 Å². The second kappa shape index (κ2) is 9.12. The molecule has 1 fully saturated rings. The highest BCUT2D eigenvalue weighted by atomic mass is 16.1. The second-order valence-electron chi connectivity index (χ2n) is 5.55. The number of carbonyl (C=O) groups excluding carboxylic acids is 2. The van der Waals surface area contributed by atoms with Gasteiger partial charge in [0.15, 0.2) is 0 Å². The van der Waals surface area contributed by atoms with E-state index in [1.165, 1.54) is 25.7 Å². The van der Waals surface area contributed by atoms with Crippen LogP contribution in [0.15, 0.2) is 0 Å². The number of ketones is 1. The molecule has 0 radical (unpaired) electrons. The van der Waals surface area contributed by atoms with E-state index in [0.29, 0.717) is 12.8 Å². The van der Waals surface area contributed by atoms with E-state index in [0.717, 1.165) is 38.1 Å². The van der Waals surface area contributed by atoms with Crippen LogP contribution in [0.4, 0.5) is 0 Å². The second-order valence-corrected chi connectivity index (χ2v) is 5.55. The SMILES string of the molecule is CC(=O)CCCCCNC(=O)CCC1CCCC1. The first kappa shape index (κ1) is 15.2. The van der Waals surface area contributed by atoms with E-state index in [-0.39, 0.29) is 11.7 Å². The molecule has 0 aromatic rings. The molecule has 1 aliphatic carbocycles. The van der Waals surface area contributed by atoms with Crippen molar-refractivity contribution in [2.75, 3.05) is 6.54 Å². The summed E-state index contributed by atoms with van der Waals surface area (Å²) in [7, 11) is 0. The molecule has 18 heavy (non-hydrogen) atoms. The van der Waals surface area contributed by atoms with Gasteiger partial charge in [0.25, 0.3) is 0 Å². The zero-order valence-electron chi connectivity index (χ0n) is 11.7. The van der Waals surface area contributed by atoms with Gasteiger partial charge in [0.05, 0.1) is 0 Å². The molecule has 1 amide bonds. The Morgan fingerprint density at radius 1 is 1.06 bits per heavy atom. The van der Waals surface area contributed by atoms with Gasteiger partial charge < -0.3 is 10.1 Å². The van der Waals surface area contributed by atoms with Gasteiger partial charge in [-0.3, -0.25) is 4.79 Å². The van der Waals surface area contributed by atoms with E-state index in [1.54, 1.807) is 6.92 Å². The summed E-state index contributed by atoms with van der Waals surface area (Å²) in [4.78, 5) is 22.3. The van der Waals surface area contributed by atoms with Gasteiger partial charge in [0, 0.05) is 19.4 Å². The molecule has 104 valence electrons. The molecule has 0 bridgehead atoms. The molecule has 0 aliphatic heterocycles. The van der Waals surface area contributed by atoms with Crippen LogP contribution in [0.1, 0.15) is 71.1 Å². The van der Waals surface area contributed by atoms with E-state index < -0.39 is 0 Å². The molecule has 0 heterocycles. The molecule has 0 aromatic heterocycles. The summed E-state index contributed by atoms with van der Waals surface area (Å²) in [6.45, 7) is 2.40. The zero-order valence-corrected chi connectivity index (χ0v) is 11.7. The summed E-state index contributed by atoms with van der Waals surface area (Å²) in [6.07, 6.45) is 10.7. The van der Waals surface area contributed by atoms with Crippen LogP contribution in [0.25, 0.3) is 0 Å². The largest absolute Gasteiger partial charge is 0.356 e. The average molecular weight is 253 g/mol. The summed E-state index contributed by atoms with van der Waals surface area (Å²) in [5, 5.41) is 2.97. The maximum Gasteiger partial charge on any atom is 0.220 e. The van der Waals surface area contributed by atoms with E-state index in [4.69, 9.17) is 0 Å². The molecule has 1 N–H and O–H groups in total. The first-order valence-electron chi connectivity index (χ1n) is 7.44. The molecule has 0 unspecified atom stereocenters. The van der Waals surface area contributed by atoms with Crippen molar-refractivity contribution in [1.82, 2.24) is 5.32 Å². The Labute approximate surface area is 111 Å². The molecule has 0 saturated heterocycles. The average Bonchev–Trinajstić information content (AvgIpc) is 2.83. The van der Waals surface area contributed by atoms with Gasteiger partial charge in [-0.25, -0.2) is 0 Å². The van der Waals surface area contributed by atoms with Gasteiger partial charge in [-0.05, 0) is 32.1 Å². The minimum Gasteiger partial charge on any atom is -0.356 e. The van der Waals surface area contributed by atoms with E-state index in [9.17, 15) is 9.59 Å². The number of hydrogen-bond acceptors (Lipinski definition) is 2. The van der Waals surface area contributed by atoms with E-state index >= 15 is 0 Å². The third-order valence-electron chi connectivity index (χ3n) is 3.78. The minimum absolute atomic E-state index is 0.202. The van der Waals surface area contributed by atoms with Gasteiger partial charge in [-0.2, -0.15) is 0 Å². The highest BCUT2D eigenvalue weighted by Crippen LogP contribution is 2.28. The van der Waals surface area contributed by atoms with Crippen molar-refractivity contribution in [2.24, 2.45) is 5.92 Å². The monoisotopic (exact) mass is 253 g/mol. The van der Waals surface area contributed by atoms with Gasteiger partial charge in [0.1, 0.15) is 5.78 Å². The maximum absolute atomic E-state index is 11.6. The van der Waals surface area contributed by atoms with Crippen LogP contribution in [0.5, 0.6) is 0 Å². The van der Waals surface area contributed by atoms with Crippen LogP contribution in [0, 0.1) is 5.92 Å². The fourth-order valence-electron chi connectivity index (χ4n) is 2.63. The molecule has 3 heteroatoms. The number of carbonyl (C=O) groups is 2. The standard InChI is InChI=1S/C15H27NO2/c1-13(17)7-3-2-6-12-16-15(18)11-10-14-8-4-5-9-14/h14H,2-12H2,1H3,(H,16,18). The molecule has 1 rings (SSSR count). The summed E-state index contributed by atoms with van der Waals surface area (Å²) >= 11 is 0. The van der Waals surface area contributed by atoms with Gasteiger partial charge in [-0.15, -0.1) is 0 Å². The van der Waals surface area contributed by atoms with E-state index in [1.807, 2.05) is 0 Å². The third kappa shape index (κ3) is 7.46. The Morgan fingerprint density at radius 2 is 1.78 bits per heavy atom. The topological polar surface area (TPSA) is 46.2 Å². The third-order valence-corrected chi connectivity index (χ3v) is 3.78. The molecule has 0 spiro atoms. The van der Waals surface area contributed by atoms with Crippen molar-refractivity contribution >= 4 is 11.7 Å². The lowest BCUT2D eigenvalue weighted by molar-refractivity contribution is -0.121. The molecule has 1 saturated carbocycles.